The first-order valence-corrected chi connectivity index (χ1v) is 5.33. The van der Waals surface area contributed by atoms with Gasteiger partial charge in [0.15, 0.2) is 5.92 Å². The lowest BCUT2D eigenvalue weighted by Crippen LogP contribution is -2.44. The molecule has 98 valence electrons. The molecule has 0 aromatic rings. The monoisotopic (exact) mass is 246 g/mol. The Balaban J connectivity index is 5.41. The van der Waals surface area contributed by atoms with Crippen LogP contribution >= 0.6 is 0 Å². The summed E-state index contributed by atoms with van der Waals surface area (Å²) in [5.41, 5.74) is -0.887. The maximum absolute atomic E-state index is 11.1. The zero-order valence-electron chi connectivity index (χ0n) is 10.1. The van der Waals surface area contributed by atoms with Gasteiger partial charge in [-0.3, -0.25) is 14.4 Å². The number of aliphatic carboxylic acids is 3. The third-order valence-corrected chi connectivity index (χ3v) is 2.87. The van der Waals surface area contributed by atoms with Gasteiger partial charge in [0.2, 0.25) is 0 Å². The number of hydrogen-bond acceptors (Lipinski definition) is 3. The Morgan fingerprint density at radius 1 is 1.00 bits per heavy atom. The minimum Gasteiger partial charge on any atom is -0.481 e. The van der Waals surface area contributed by atoms with Crippen LogP contribution in [0.5, 0.6) is 0 Å². The van der Waals surface area contributed by atoms with E-state index in [9.17, 15) is 14.4 Å². The van der Waals surface area contributed by atoms with E-state index >= 15 is 0 Å². The lowest BCUT2D eigenvalue weighted by atomic mass is 9.69. The summed E-state index contributed by atoms with van der Waals surface area (Å²) in [4.78, 5) is 32.9. The summed E-state index contributed by atoms with van der Waals surface area (Å²) in [7, 11) is 0. The molecule has 0 heterocycles. The normalized spacial score (nSPS) is 13.4. The van der Waals surface area contributed by atoms with Crippen molar-refractivity contribution in [2.45, 2.75) is 33.6 Å². The van der Waals surface area contributed by atoms with Gasteiger partial charge in [0.1, 0.15) is 0 Å². The van der Waals surface area contributed by atoms with Crippen molar-refractivity contribution in [1.82, 2.24) is 0 Å². The Bertz CT molecular complexity index is 306. The first-order valence-electron chi connectivity index (χ1n) is 5.33. The highest BCUT2D eigenvalue weighted by atomic mass is 16.4. The molecule has 0 spiro atoms. The molecule has 3 N–H and O–H groups in total. The van der Waals surface area contributed by atoms with Crippen molar-refractivity contribution in [2.24, 2.45) is 17.3 Å². The minimum atomic E-state index is -1.92. The summed E-state index contributed by atoms with van der Waals surface area (Å²) >= 11 is 0. The predicted molar refractivity (Wildman–Crippen MR) is 58.6 cm³/mol. The van der Waals surface area contributed by atoms with Crippen molar-refractivity contribution in [1.29, 1.82) is 0 Å². The van der Waals surface area contributed by atoms with Crippen LogP contribution in [0.3, 0.4) is 0 Å². The van der Waals surface area contributed by atoms with Gasteiger partial charge in [0.05, 0.1) is 5.92 Å². The van der Waals surface area contributed by atoms with E-state index in [1.165, 1.54) is 0 Å². The Hall–Kier alpha value is -1.59. The predicted octanol–water partition coefficient (Wildman–Crippen LogP) is 1.30. The summed E-state index contributed by atoms with van der Waals surface area (Å²) in [5, 5.41) is 26.8. The van der Waals surface area contributed by atoms with E-state index in [-0.39, 0.29) is 0 Å². The highest BCUT2D eigenvalue weighted by Crippen LogP contribution is 2.37. The van der Waals surface area contributed by atoms with E-state index in [0.717, 1.165) is 0 Å². The Morgan fingerprint density at radius 2 is 1.41 bits per heavy atom. The van der Waals surface area contributed by atoms with Crippen LogP contribution in [0.2, 0.25) is 0 Å². The van der Waals surface area contributed by atoms with E-state index in [2.05, 4.69) is 0 Å². The summed E-state index contributed by atoms with van der Waals surface area (Å²) in [5.74, 6) is -7.99. The highest BCUT2D eigenvalue weighted by Gasteiger charge is 2.47. The standard InChI is InChI=1S/C11H18O6/c1-4-5-11(2,3)7(10(16)17)6(8(12)13)9(14)15/h6-7H,4-5H2,1-3H3,(H,12,13)(H,14,15)(H,16,17). The van der Waals surface area contributed by atoms with Crippen LogP contribution < -0.4 is 0 Å². The van der Waals surface area contributed by atoms with Crippen molar-refractivity contribution in [3.8, 4) is 0 Å². The maximum atomic E-state index is 11.1. The van der Waals surface area contributed by atoms with Gasteiger partial charge in [-0.2, -0.15) is 0 Å². The van der Waals surface area contributed by atoms with Crippen molar-refractivity contribution in [3.63, 3.8) is 0 Å². The van der Waals surface area contributed by atoms with Crippen LogP contribution in [0.1, 0.15) is 33.6 Å². The van der Waals surface area contributed by atoms with Gasteiger partial charge in [0, 0.05) is 0 Å². The van der Waals surface area contributed by atoms with Crippen LogP contribution in [0.15, 0.2) is 0 Å². The molecule has 0 rings (SSSR count). The van der Waals surface area contributed by atoms with Gasteiger partial charge < -0.3 is 15.3 Å². The molecule has 0 aromatic heterocycles. The second-order valence-corrected chi connectivity index (χ2v) is 4.71. The Kier molecular flexibility index (Phi) is 5.12. The fraction of sp³-hybridized carbons (Fsp3) is 0.727. The summed E-state index contributed by atoms with van der Waals surface area (Å²) in [6, 6.07) is 0. The largest absolute Gasteiger partial charge is 0.481 e. The smallest absolute Gasteiger partial charge is 0.318 e. The molecule has 0 aliphatic carbocycles. The van der Waals surface area contributed by atoms with Crippen LogP contribution in [0.25, 0.3) is 0 Å². The van der Waals surface area contributed by atoms with Gasteiger partial charge in [-0.15, -0.1) is 0 Å². The average Bonchev–Trinajstić information content (AvgIpc) is 2.11. The highest BCUT2D eigenvalue weighted by molar-refractivity contribution is 5.97. The number of hydrogen-bond donors (Lipinski definition) is 3. The van der Waals surface area contributed by atoms with Crippen LogP contribution in [-0.2, 0) is 14.4 Å². The molecule has 17 heavy (non-hydrogen) atoms. The topological polar surface area (TPSA) is 112 Å². The van der Waals surface area contributed by atoms with E-state index in [1.807, 2.05) is 6.92 Å². The SMILES string of the molecule is CCCC(C)(C)C(C(=O)O)C(C(=O)O)C(=O)O. The van der Waals surface area contributed by atoms with Crippen molar-refractivity contribution in [2.75, 3.05) is 0 Å². The molecule has 0 aliphatic rings. The van der Waals surface area contributed by atoms with Crippen LogP contribution in [0, 0.1) is 17.3 Å². The molecule has 0 radical (unpaired) electrons. The molecule has 6 heteroatoms. The Labute approximate surface area is 99.3 Å². The first kappa shape index (κ1) is 15.4. The molecule has 0 aliphatic heterocycles. The van der Waals surface area contributed by atoms with E-state index in [0.29, 0.717) is 12.8 Å². The summed E-state index contributed by atoms with van der Waals surface area (Å²) < 4.78 is 0. The van der Waals surface area contributed by atoms with E-state index in [4.69, 9.17) is 15.3 Å². The van der Waals surface area contributed by atoms with Gasteiger partial charge in [-0.05, 0) is 11.8 Å². The molecular formula is C11H18O6. The number of carboxylic acids is 3. The third kappa shape index (κ3) is 3.72. The summed E-state index contributed by atoms with van der Waals surface area (Å²) in [6.45, 7) is 4.99. The number of carbonyl (C=O) groups is 3. The van der Waals surface area contributed by atoms with Gasteiger partial charge in [-0.25, -0.2) is 0 Å². The Morgan fingerprint density at radius 3 is 1.65 bits per heavy atom. The molecule has 1 atom stereocenters. The molecule has 0 bridgehead atoms. The third-order valence-electron chi connectivity index (χ3n) is 2.87. The quantitative estimate of drug-likeness (QED) is 0.584. The second-order valence-electron chi connectivity index (χ2n) is 4.71. The fourth-order valence-corrected chi connectivity index (χ4v) is 2.12. The van der Waals surface area contributed by atoms with Crippen LogP contribution in [-0.4, -0.2) is 33.2 Å². The zero-order chi connectivity index (χ0) is 13.8. The van der Waals surface area contributed by atoms with Crippen molar-refractivity contribution < 1.29 is 29.7 Å². The molecule has 1 unspecified atom stereocenters. The molecule has 0 saturated carbocycles. The van der Waals surface area contributed by atoms with Gasteiger partial charge >= 0.3 is 17.9 Å². The lowest BCUT2D eigenvalue weighted by Gasteiger charge is -2.33. The van der Waals surface area contributed by atoms with Gasteiger partial charge in [-0.1, -0.05) is 27.2 Å². The molecule has 0 amide bonds. The lowest BCUT2D eigenvalue weighted by molar-refractivity contribution is -0.169. The van der Waals surface area contributed by atoms with Crippen LogP contribution in [0.4, 0.5) is 0 Å². The molecule has 6 nitrogen and oxygen atoms in total. The maximum Gasteiger partial charge on any atom is 0.318 e. The van der Waals surface area contributed by atoms with E-state index < -0.39 is 35.2 Å². The fourth-order valence-electron chi connectivity index (χ4n) is 2.12. The molecular weight excluding hydrogens is 228 g/mol. The molecule has 0 saturated heterocycles. The average molecular weight is 246 g/mol. The second kappa shape index (κ2) is 5.65. The zero-order valence-corrected chi connectivity index (χ0v) is 10.1. The van der Waals surface area contributed by atoms with Crippen molar-refractivity contribution >= 4 is 17.9 Å². The van der Waals surface area contributed by atoms with Crippen molar-refractivity contribution in [3.05, 3.63) is 0 Å². The first-order chi connectivity index (χ1) is 7.65. The minimum absolute atomic E-state index is 0.445. The molecule has 0 aromatic carbocycles. The summed E-state index contributed by atoms with van der Waals surface area (Å²) in [6.07, 6.45) is 1.10. The molecule has 0 fully saturated rings. The van der Waals surface area contributed by atoms with E-state index in [1.54, 1.807) is 13.8 Å². The number of carboxylic acid groups (broad SMARTS) is 3. The number of rotatable bonds is 7. The van der Waals surface area contributed by atoms with Gasteiger partial charge in [0.25, 0.3) is 0 Å².